The van der Waals surface area contributed by atoms with Crippen LogP contribution in [0, 0.1) is 0 Å². The molecule has 17 heavy (non-hydrogen) atoms. The van der Waals surface area contributed by atoms with Gasteiger partial charge in [0.25, 0.3) is 0 Å². The molecular weight excluding hydrogens is 284 g/mol. The molecular formula is C12H7BrN2O2. The molecule has 0 saturated heterocycles. The van der Waals surface area contributed by atoms with Crippen molar-refractivity contribution in [3.63, 3.8) is 0 Å². The number of phenols is 1. The van der Waals surface area contributed by atoms with E-state index in [1.54, 1.807) is 12.1 Å². The zero-order chi connectivity index (χ0) is 11.8. The van der Waals surface area contributed by atoms with Crippen molar-refractivity contribution < 1.29 is 9.74 Å². The number of rotatable bonds is 1. The van der Waals surface area contributed by atoms with Gasteiger partial charge in [0.1, 0.15) is 16.8 Å². The Morgan fingerprint density at radius 1 is 0.941 bits per heavy atom. The Morgan fingerprint density at radius 2 is 1.76 bits per heavy atom. The van der Waals surface area contributed by atoms with Crippen molar-refractivity contribution in [1.82, 2.24) is 10.3 Å². The van der Waals surface area contributed by atoms with Gasteiger partial charge in [-0.3, -0.25) is 0 Å². The van der Waals surface area contributed by atoms with Crippen molar-refractivity contribution >= 4 is 27.0 Å². The molecule has 1 N–H and O–H groups in total. The summed E-state index contributed by atoms with van der Waals surface area (Å²) in [4.78, 5) is 0. The van der Waals surface area contributed by atoms with Gasteiger partial charge in [-0.05, 0) is 51.8 Å². The third-order valence-corrected chi connectivity index (χ3v) is 2.93. The minimum absolute atomic E-state index is 0.216. The number of fused-ring (bicyclic) bond motifs is 1. The van der Waals surface area contributed by atoms with Crippen LogP contribution in [0.25, 0.3) is 22.2 Å². The Morgan fingerprint density at radius 3 is 2.59 bits per heavy atom. The van der Waals surface area contributed by atoms with Crippen molar-refractivity contribution in [2.75, 3.05) is 0 Å². The summed E-state index contributed by atoms with van der Waals surface area (Å²) in [5.41, 5.74) is 3.27. The summed E-state index contributed by atoms with van der Waals surface area (Å²) in [7, 11) is 0. The molecule has 0 fully saturated rings. The SMILES string of the molecule is Oc1cc(Br)cc(-c2ccc3nonc3c2)c1. The van der Waals surface area contributed by atoms with Crippen LogP contribution in [0.1, 0.15) is 0 Å². The molecule has 84 valence electrons. The van der Waals surface area contributed by atoms with Gasteiger partial charge in [0, 0.05) is 4.47 Å². The second kappa shape index (κ2) is 3.85. The Labute approximate surface area is 105 Å². The summed E-state index contributed by atoms with van der Waals surface area (Å²) in [6, 6.07) is 10.9. The Hall–Kier alpha value is -1.88. The van der Waals surface area contributed by atoms with Crippen molar-refractivity contribution in [1.29, 1.82) is 0 Å². The van der Waals surface area contributed by atoms with Crippen LogP contribution < -0.4 is 0 Å². The molecule has 1 heterocycles. The molecule has 0 saturated carbocycles. The minimum Gasteiger partial charge on any atom is -0.508 e. The van der Waals surface area contributed by atoms with E-state index in [2.05, 4.69) is 30.9 Å². The van der Waals surface area contributed by atoms with Crippen LogP contribution in [0.3, 0.4) is 0 Å². The second-order valence-corrected chi connectivity index (χ2v) is 4.58. The van der Waals surface area contributed by atoms with Gasteiger partial charge in [0.2, 0.25) is 0 Å². The molecule has 0 aliphatic rings. The highest BCUT2D eigenvalue weighted by atomic mass is 79.9. The van der Waals surface area contributed by atoms with Crippen LogP contribution in [0.2, 0.25) is 0 Å². The van der Waals surface area contributed by atoms with E-state index in [0.29, 0.717) is 11.0 Å². The lowest BCUT2D eigenvalue weighted by atomic mass is 10.1. The highest BCUT2D eigenvalue weighted by molar-refractivity contribution is 9.10. The first kappa shape index (κ1) is 10.3. The summed E-state index contributed by atoms with van der Waals surface area (Å²) in [6.07, 6.45) is 0. The number of hydrogen-bond donors (Lipinski definition) is 1. The number of aromatic nitrogens is 2. The highest BCUT2D eigenvalue weighted by Crippen LogP contribution is 2.29. The molecule has 0 unspecified atom stereocenters. The lowest BCUT2D eigenvalue weighted by molar-refractivity contribution is 0.315. The molecule has 0 spiro atoms. The van der Waals surface area contributed by atoms with Crippen molar-refractivity contribution in [3.8, 4) is 16.9 Å². The van der Waals surface area contributed by atoms with Crippen LogP contribution in [0.5, 0.6) is 5.75 Å². The number of hydrogen-bond acceptors (Lipinski definition) is 4. The standard InChI is InChI=1S/C12H7BrN2O2/c13-9-3-8(4-10(16)6-9)7-1-2-11-12(5-7)15-17-14-11/h1-6,16H. The average molecular weight is 291 g/mol. The van der Waals surface area contributed by atoms with E-state index in [0.717, 1.165) is 15.6 Å². The Kier molecular flexibility index (Phi) is 2.33. The summed E-state index contributed by atoms with van der Waals surface area (Å²) in [6.45, 7) is 0. The molecule has 0 radical (unpaired) electrons. The summed E-state index contributed by atoms with van der Waals surface area (Å²) >= 11 is 3.35. The van der Waals surface area contributed by atoms with Crippen LogP contribution in [0.15, 0.2) is 45.5 Å². The number of phenolic OH excluding ortho intramolecular Hbond substituents is 1. The van der Waals surface area contributed by atoms with Crippen LogP contribution in [-0.4, -0.2) is 15.4 Å². The maximum Gasteiger partial charge on any atom is 0.135 e. The van der Waals surface area contributed by atoms with Crippen LogP contribution in [0.4, 0.5) is 0 Å². The molecule has 5 heteroatoms. The molecule has 0 aliphatic carbocycles. The van der Waals surface area contributed by atoms with Gasteiger partial charge in [-0.1, -0.05) is 22.0 Å². The Balaban J connectivity index is 2.19. The van der Waals surface area contributed by atoms with Gasteiger partial charge < -0.3 is 5.11 Å². The van der Waals surface area contributed by atoms with Gasteiger partial charge >= 0.3 is 0 Å². The monoisotopic (exact) mass is 290 g/mol. The van der Waals surface area contributed by atoms with Gasteiger partial charge in [-0.15, -0.1) is 0 Å². The highest BCUT2D eigenvalue weighted by Gasteiger charge is 2.05. The van der Waals surface area contributed by atoms with E-state index < -0.39 is 0 Å². The minimum atomic E-state index is 0.216. The second-order valence-electron chi connectivity index (χ2n) is 3.67. The first-order valence-electron chi connectivity index (χ1n) is 4.95. The van der Waals surface area contributed by atoms with Crippen LogP contribution >= 0.6 is 15.9 Å². The molecule has 0 atom stereocenters. The largest absolute Gasteiger partial charge is 0.508 e. The molecule has 0 aliphatic heterocycles. The fourth-order valence-corrected chi connectivity index (χ4v) is 2.18. The van der Waals surface area contributed by atoms with Crippen molar-refractivity contribution in [3.05, 3.63) is 40.9 Å². The predicted molar refractivity (Wildman–Crippen MR) is 66.6 cm³/mol. The fourth-order valence-electron chi connectivity index (χ4n) is 1.70. The van der Waals surface area contributed by atoms with Crippen molar-refractivity contribution in [2.45, 2.75) is 0 Å². The molecule has 0 amide bonds. The van der Waals surface area contributed by atoms with E-state index >= 15 is 0 Å². The first-order valence-corrected chi connectivity index (χ1v) is 5.74. The van der Waals surface area contributed by atoms with Gasteiger partial charge in [0.05, 0.1) is 0 Å². The molecule has 0 bridgehead atoms. The van der Waals surface area contributed by atoms with Crippen molar-refractivity contribution in [2.24, 2.45) is 0 Å². The third-order valence-electron chi connectivity index (χ3n) is 2.47. The third kappa shape index (κ3) is 1.89. The lowest BCUT2D eigenvalue weighted by Crippen LogP contribution is -1.79. The molecule has 3 rings (SSSR count). The molecule has 4 nitrogen and oxygen atoms in total. The lowest BCUT2D eigenvalue weighted by Gasteiger charge is -2.03. The van der Waals surface area contributed by atoms with E-state index in [1.165, 1.54) is 0 Å². The molecule has 1 aromatic heterocycles. The number of nitrogens with zero attached hydrogens (tertiary/aromatic N) is 2. The normalized spacial score (nSPS) is 10.9. The summed E-state index contributed by atoms with van der Waals surface area (Å²) in [5, 5.41) is 17.1. The Bertz CT molecular complexity index is 674. The van der Waals surface area contributed by atoms with Gasteiger partial charge in [-0.25, -0.2) is 4.63 Å². The zero-order valence-electron chi connectivity index (χ0n) is 8.59. The quantitative estimate of drug-likeness (QED) is 0.747. The number of benzene rings is 2. The fraction of sp³-hybridized carbons (Fsp3) is 0. The topological polar surface area (TPSA) is 59.2 Å². The number of halogens is 1. The summed E-state index contributed by atoms with van der Waals surface area (Å²) in [5.74, 6) is 0.216. The molecule has 2 aromatic carbocycles. The average Bonchev–Trinajstić information content (AvgIpc) is 2.74. The molecule has 3 aromatic rings. The number of aromatic hydroxyl groups is 1. The summed E-state index contributed by atoms with van der Waals surface area (Å²) < 4.78 is 5.47. The zero-order valence-corrected chi connectivity index (χ0v) is 10.2. The van der Waals surface area contributed by atoms with E-state index in [-0.39, 0.29) is 5.75 Å². The maximum atomic E-state index is 9.55. The first-order chi connectivity index (χ1) is 8.22. The van der Waals surface area contributed by atoms with Gasteiger partial charge in [0.15, 0.2) is 0 Å². The van der Waals surface area contributed by atoms with Crippen LogP contribution in [-0.2, 0) is 0 Å². The predicted octanol–water partition coefficient (Wildman–Crippen LogP) is 3.36. The van der Waals surface area contributed by atoms with Gasteiger partial charge in [-0.2, -0.15) is 0 Å². The van der Waals surface area contributed by atoms with E-state index in [1.807, 2.05) is 24.3 Å². The maximum absolute atomic E-state index is 9.55. The smallest absolute Gasteiger partial charge is 0.135 e. The van der Waals surface area contributed by atoms with E-state index in [4.69, 9.17) is 0 Å². The van der Waals surface area contributed by atoms with E-state index in [9.17, 15) is 5.11 Å².